The Kier molecular flexibility index (Phi) is 9.12. The minimum Gasteiger partial charge on any atom is -0.453 e. The topological polar surface area (TPSA) is 44.7 Å². The molecule has 8 aromatic rings. The van der Waals surface area contributed by atoms with Crippen molar-refractivity contribution in [2.75, 3.05) is 9.91 Å². The van der Waals surface area contributed by atoms with Crippen LogP contribution in [-0.2, 0) is 0 Å². The number of nitrogens with one attached hydrogen (secondary N) is 2. The molecule has 2 aliphatic heterocycles. The fraction of sp³-hybridized carbons (Fsp3) is 0.0435. The van der Waals surface area contributed by atoms with E-state index in [0.717, 1.165) is 51.2 Å². The van der Waals surface area contributed by atoms with E-state index >= 15 is 0 Å². The van der Waals surface area contributed by atoms with E-state index in [1.165, 1.54) is 21.8 Å². The largest absolute Gasteiger partial charge is 0.453 e. The standard InChI is InChI=1S/C38H27N5O.C6H6.C2H6/c1-3-14-33-30(12-1)31-13-2-4-15-34(31)42(33)27-22-20-26(21-23-27)32-25-41(40-39-32)28-10-9-11-29(24-28)43-35-16-5-7-18-37(35)44-38-19-8-6-17-36(38)43;1-2-4-6-5-3-1;1-2/h1-25,39-40H;1-6H;1-2H3. The predicted molar refractivity (Wildman–Crippen MR) is 216 cm³/mol. The van der Waals surface area contributed by atoms with Crippen molar-refractivity contribution in [3.8, 4) is 17.2 Å². The quantitative estimate of drug-likeness (QED) is 0.194. The molecule has 10 rings (SSSR count). The van der Waals surface area contributed by atoms with Crippen molar-refractivity contribution < 1.29 is 4.74 Å². The van der Waals surface area contributed by atoms with E-state index in [-0.39, 0.29) is 0 Å². The van der Waals surface area contributed by atoms with Gasteiger partial charge in [-0.2, -0.15) is 0 Å². The molecule has 1 aromatic heterocycles. The lowest BCUT2D eigenvalue weighted by Gasteiger charge is -2.33. The minimum atomic E-state index is 0.837. The van der Waals surface area contributed by atoms with Crippen LogP contribution in [0, 0.1) is 0 Å². The van der Waals surface area contributed by atoms with Gasteiger partial charge in [-0.15, -0.1) is 5.53 Å². The molecule has 2 aliphatic rings. The van der Waals surface area contributed by atoms with Crippen LogP contribution in [-0.4, -0.2) is 4.57 Å². The summed E-state index contributed by atoms with van der Waals surface area (Å²) in [7, 11) is 0. The molecule has 6 heteroatoms. The van der Waals surface area contributed by atoms with E-state index in [1.54, 1.807) is 0 Å². The third-order valence-electron chi connectivity index (χ3n) is 9.05. The van der Waals surface area contributed by atoms with Crippen molar-refractivity contribution in [2.45, 2.75) is 13.8 Å². The Morgan fingerprint density at radius 2 is 0.981 bits per heavy atom. The van der Waals surface area contributed by atoms with Gasteiger partial charge in [-0.05, 0) is 66.7 Å². The van der Waals surface area contributed by atoms with E-state index in [2.05, 4.69) is 136 Å². The highest BCUT2D eigenvalue weighted by Crippen LogP contribution is 2.50. The Hall–Kier alpha value is -6.76. The lowest BCUT2D eigenvalue weighted by Crippen LogP contribution is -2.36. The average Bonchev–Trinajstić information content (AvgIpc) is 3.86. The first-order valence-corrected chi connectivity index (χ1v) is 17.7. The van der Waals surface area contributed by atoms with Crippen LogP contribution in [0.4, 0.5) is 22.7 Å². The van der Waals surface area contributed by atoms with Crippen molar-refractivity contribution >= 4 is 50.3 Å². The third-order valence-corrected chi connectivity index (χ3v) is 9.05. The van der Waals surface area contributed by atoms with Crippen LogP contribution in [0.5, 0.6) is 11.5 Å². The van der Waals surface area contributed by atoms with Gasteiger partial charge in [-0.25, -0.2) is 0 Å². The highest BCUT2D eigenvalue weighted by molar-refractivity contribution is 6.09. The molecule has 0 radical (unpaired) electrons. The van der Waals surface area contributed by atoms with Crippen LogP contribution in [0.3, 0.4) is 0 Å². The number of nitrogens with zero attached hydrogens (tertiary/aromatic N) is 3. The molecule has 0 fully saturated rings. The normalized spacial score (nSPS) is 12.7. The zero-order valence-corrected chi connectivity index (χ0v) is 29.1. The first kappa shape index (κ1) is 32.4. The van der Waals surface area contributed by atoms with E-state index in [0.29, 0.717) is 0 Å². The smallest absolute Gasteiger partial charge is 0.151 e. The monoisotopic (exact) mass is 677 g/mol. The van der Waals surface area contributed by atoms with E-state index in [1.807, 2.05) is 91.7 Å². The van der Waals surface area contributed by atoms with Gasteiger partial charge in [0.05, 0.1) is 33.8 Å². The van der Waals surface area contributed by atoms with Gasteiger partial charge in [0.1, 0.15) is 0 Å². The SMILES string of the molecule is C1=C(c2ccc(-n3c4ccccc4c4ccccc43)cc2)NNN1c1cccc(N2c3ccccc3Oc3ccccc32)c1.CC.c1ccccc1. The van der Waals surface area contributed by atoms with Gasteiger partial charge >= 0.3 is 0 Å². The van der Waals surface area contributed by atoms with Crippen LogP contribution < -0.4 is 25.6 Å². The summed E-state index contributed by atoms with van der Waals surface area (Å²) < 4.78 is 8.55. The summed E-state index contributed by atoms with van der Waals surface area (Å²) in [6, 6.07) is 62.7. The van der Waals surface area contributed by atoms with Crippen LogP contribution in [0.1, 0.15) is 19.4 Å². The molecule has 6 nitrogen and oxygen atoms in total. The summed E-state index contributed by atoms with van der Waals surface area (Å²) in [6.07, 6.45) is 2.09. The summed E-state index contributed by atoms with van der Waals surface area (Å²) in [5.74, 6) is 1.67. The van der Waals surface area contributed by atoms with Gasteiger partial charge < -0.3 is 19.6 Å². The zero-order chi connectivity index (χ0) is 35.3. The van der Waals surface area contributed by atoms with Gasteiger partial charge in [0.25, 0.3) is 0 Å². The molecule has 0 bridgehead atoms. The number of hydrogen-bond acceptors (Lipinski definition) is 5. The summed E-state index contributed by atoms with van der Waals surface area (Å²) >= 11 is 0. The number of aromatic nitrogens is 1. The van der Waals surface area contributed by atoms with Gasteiger partial charge in [0.2, 0.25) is 0 Å². The number of anilines is 4. The van der Waals surface area contributed by atoms with E-state index < -0.39 is 0 Å². The van der Waals surface area contributed by atoms with Crippen molar-refractivity contribution in [3.63, 3.8) is 0 Å². The molecule has 0 unspecified atom stereocenters. The maximum absolute atomic E-state index is 6.21. The molecule has 254 valence electrons. The number of rotatable bonds is 4. The highest BCUT2D eigenvalue weighted by atomic mass is 16.5. The number of para-hydroxylation sites is 6. The maximum Gasteiger partial charge on any atom is 0.151 e. The van der Waals surface area contributed by atoms with Crippen molar-refractivity contribution in [2.24, 2.45) is 0 Å². The second kappa shape index (κ2) is 14.6. The highest BCUT2D eigenvalue weighted by Gasteiger charge is 2.26. The van der Waals surface area contributed by atoms with Gasteiger partial charge in [0.15, 0.2) is 11.5 Å². The summed E-state index contributed by atoms with van der Waals surface area (Å²) in [6.45, 7) is 4.00. The van der Waals surface area contributed by atoms with Crippen molar-refractivity contribution in [3.05, 3.63) is 194 Å². The molecule has 3 heterocycles. The molecular formula is C46H39N5O. The second-order valence-electron chi connectivity index (χ2n) is 12.1. The molecule has 2 N–H and O–H groups in total. The number of hydrogen-bond donors (Lipinski definition) is 2. The molecular weight excluding hydrogens is 639 g/mol. The Balaban J connectivity index is 0.000000436. The first-order chi connectivity index (χ1) is 25.8. The molecule has 52 heavy (non-hydrogen) atoms. The molecule has 0 aliphatic carbocycles. The Morgan fingerprint density at radius 3 is 1.58 bits per heavy atom. The zero-order valence-electron chi connectivity index (χ0n) is 29.1. The van der Waals surface area contributed by atoms with Crippen molar-refractivity contribution in [1.82, 2.24) is 15.5 Å². The number of hydrazine groups is 2. The lowest BCUT2D eigenvalue weighted by atomic mass is 10.1. The van der Waals surface area contributed by atoms with Crippen LogP contribution in [0.25, 0.3) is 33.2 Å². The van der Waals surface area contributed by atoms with Gasteiger partial charge in [0, 0.05) is 33.9 Å². The summed E-state index contributed by atoms with van der Waals surface area (Å²) in [5, 5.41) is 4.54. The second-order valence-corrected chi connectivity index (χ2v) is 12.1. The molecule has 0 saturated heterocycles. The van der Waals surface area contributed by atoms with Gasteiger partial charge in [-0.1, -0.05) is 129 Å². The Morgan fingerprint density at radius 1 is 0.462 bits per heavy atom. The molecule has 7 aromatic carbocycles. The first-order valence-electron chi connectivity index (χ1n) is 17.7. The minimum absolute atomic E-state index is 0.837. The lowest BCUT2D eigenvalue weighted by molar-refractivity contribution is 0.477. The third kappa shape index (κ3) is 6.12. The average molecular weight is 678 g/mol. The van der Waals surface area contributed by atoms with Crippen LogP contribution in [0.2, 0.25) is 0 Å². The number of benzene rings is 7. The fourth-order valence-corrected chi connectivity index (χ4v) is 6.74. The summed E-state index contributed by atoms with van der Waals surface area (Å²) in [4.78, 5) is 2.25. The number of ether oxygens (including phenoxy) is 1. The van der Waals surface area contributed by atoms with Gasteiger partial charge in [-0.3, -0.25) is 5.01 Å². The van der Waals surface area contributed by atoms with E-state index in [4.69, 9.17) is 4.74 Å². The Labute approximate surface area is 304 Å². The molecule has 0 amide bonds. The van der Waals surface area contributed by atoms with E-state index in [9.17, 15) is 0 Å². The fourth-order valence-electron chi connectivity index (χ4n) is 6.74. The molecule has 0 saturated carbocycles. The van der Waals surface area contributed by atoms with Crippen molar-refractivity contribution in [1.29, 1.82) is 0 Å². The Bertz CT molecular complexity index is 2360. The molecule has 0 spiro atoms. The molecule has 0 atom stereocenters. The summed E-state index contributed by atoms with van der Waals surface area (Å²) in [5.41, 5.74) is 16.4. The number of fused-ring (bicyclic) bond motifs is 5. The maximum atomic E-state index is 6.21. The predicted octanol–water partition coefficient (Wildman–Crippen LogP) is 11.9. The van der Waals surface area contributed by atoms with Crippen LogP contribution in [0.15, 0.2) is 188 Å². The van der Waals surface area contributed by atoms with Crippen LogP contribution >= 0.6 is 0 Å².